The van der Waals surface area contributed by atoms with E-state index in [-0.39, 0.29) is 17.6 Å². The maximum absolute atomic E-state index is 13.1. The Morgan fingerprint density at radius 1 is 1.45 bits per heavy atom. The maximum atomic E-state index is 13.1. The van der Waals surface area contributed by atoms with E-state index in [9.17, 15) is 9.59 Å². The van der Waals surface area contributed by atoms with Crippen LogP contribution in [0.5, 0.6) is 5.75 Å². The molecular weight excluding hydrogens is 430 g/mol. The lowest BCUT2D eigenvalue weighted by Crippen LogP contribution is -2.32. The van der Waals surface area contributed by atoms with Crippen molar-refractivity contribution in [2.24, 2.45) is 4.99 Å². The molecule has 3 rings (SSSR count). The zero-order valence-electron chi connectivity index (χ0n) is 15.6. The first-order valence-electron chi connectivity index (χ1n) is 8.55. The quantitative estimate of drug-likeness (QED) is 0.510. The fourth-order valence-corrected chi connectivity index (χ4v) is 4.24. The van der Waals surface area contributed by atoms with Crippen molar-refractivity contribution in [2.75, 3.05) is 24.3 Å². The second-order valence-electron chi connectivity index (χ2n) is 5.78. The number of rotatable bonds is 7. The van der Waals surface area contributed by atoms with E-state index in [1.54, 1.807) is 30.4 Å². The molecule has 0 aliphatic carbocycles. The number of carbonyl (C=O) groups is 2. The Bertz CT molecular complexity index is 987. The normalized spacial score (nSPS) is 14.8. The number of hydrogen-bond donors (Lipinski definition) is 1. The SMILES string of the molecule is C=CCNC(=O)CSC1=NC(=Cc2cccs2)C(=O)N1c1ccc(OC)c(Cl)c1. The van der Waals surface area contributed by atoms with Crippen molar-refractivity contribution in [2.45, 2.75) is 0 Å². The highest BCUT2D eigenvalue weighted by Gasteiger charge is 2.32. The number of hydrogen-bond acceptors (Lipinski definition) is 6. The van der Waals surface area contributed by atoms with Gasteiger partial charge in [-0.1, -0.05) is 35.5 Å². The third-order valence-corrected chi connectivity index (χ3v) is 5.87. The molecule has 29 heavy (non-hydrogen) atoms. The summed E-state index contributed by atoms with van der Waals surface area (Å²) in [5.41, 5.74) is 0.849. The lowest BCUT2D eigenvalue weighted by atomic mass is 10.2. The lowest BCUT2D eigenvalue weighted by molar-refractivity contribution is -0.118. The van der Waals surface area contributed by atoms with Crippen LogP contribution in [0.4, 0.5) is 5.69 Å². The third kappa shape index (κ3) is 5.09. The maximum Gasteiger partial charge on any atom is 0.283 e. The average molecular weight is 448 g/mol. The number of benzene rings is 1. The molecule has 0 bridgehead atoms. The Morgan fingerprint density at radius 2 is 2.28 bits per heavy atom. The van der Waals surface area contributed by atoms with Crippen molar-refractivity contribution in [1.82, 2.24) is 5.32 Å². The van der Waals surface area contributed by atoms with Gasteiger partial charge >= 0.3 is 0 Å². The number of thiophene rings is 1. The van der Waals surface area contributed by atoms with E-state index in [4.69, 9.17) is 16.3 Å². The standard InChI is InChI=1S/C20H18ClN3O3S2/c1-3-8-22-18(25)12-29-20-23-16(11-14-5-4-9-28-14)19(26)24(20)13-6-7-17(27-2)15(21)10-13/h3-7,9-11H,1,8,12H2,2H3,(H,22,25). The fraction of sp³-hybridized carbons (Fsp3) is 0.150. The average Bonchev–Trinajstić information content (AvgIpc) is 3.33. The van der Waals surface area contributed by atoms with Gasteiger partial charge in [-0.25, -0.2) is 4.99 Å². The molecule has 9 heteroatoms. The molecule has 0 unspecified atom stereocenters. The van der Waals surface area contributed by atoms with Gasteiger partial charge in [0.25, 0.3) is 5.91 Å². The molecule has 0 spiro atoms. The molecule has 0 atom stereocenters. The van der Waals surface area contributed by atoms with Crippen LogP contribution < -0.4 is 15.0 Å². The van der Waals surface area contributed by atoms with Gasteiger partial charge in [0.1, 0.15) is 11.4 Å². The Balaban J connectivity index is 1.90. The largest absolute Gasteiger partial charge is 0.495 e. The van der Waals surface area contributed by atoms with Crippen LogP contribution >= 0.6 is 34.7 Å². The first-order chi connectivity index (χ1) is 14.0. The molecule has 2 heterocycles. The summed E-state index contributed by atoms with van der Waals surface area (Å²) in [5, 5.41) is 5.42. The summed E-state index contributed by atoms with van der Waals surface area (Å²) in [4.78, 5) is 31.9. The third-order valence-electron chi connectivity index (χ3n) is 3.82. The van der Waals surface area contributed by atoms with E-state index in [1.165, 1.54) is 35.1 Å². The number of nitrogens with zero attached hydrogens (tertiary/aromatic N) is 2. The molecule has 6 nitrogen and oxygen atoms in total. The fourth-order valence-electron chi connectivity index (χ4n) is 2.49. The molecular formula is C20H18ClN3O3S2. The van der Waals surface area contributed by atoms with E-state index in [0.717, 1.165) is 4.88 Å². The Labute approximate surface area is 181 Å². The van der Waals surface area contributed by atoms with Crippen molar-refractivity contribution in [3.05, 3.63) is 64.0 Å². The predicted octanol–water partition coefficient (Wildman–Crippen LogP) is 4.19. The van der Waals surface area contributed by atoms with E-state index >= 15 is 0 Å². The minimum Gasteiger partial charge on any atom is -0.495 e. The molecule has 0 saturated heterocycles. The van der Waals surface area contributed by atoms with Crippen LogP contribution in [0.25, 0.3) is 6.08 Å². The summed E-state index contributed by atoms with van der Waals surface area (Å²) in [6.07, 6.45) is 3.34. The van der Waals surface area contributed by atoms with Gasteiger partial charge in [-0.3, -0.25) is 14.5 Å². The smallest absolute Gasteiger partial charge is 0.283 e. The number of carbonyl (C=O) groups excluding carboxylic acids is 2. The van der Waals surface area contributed by atoms with Gasteiger partial charge in [0, 0.05) is 11.4 Å². The lowest BCUT2D eigenvalue weighted by Gasteiger charge is -2.18. The van der Waals surface area contributed by atoms with Gasteiger partial charge in [-0.15, -0.1) is 17.9 Å². The van der Waals surface area contributed by atoms with E-state index in [1.807, 2.05) is 17.5 Å². The summed E-state index contributed by atoms with van der Waals surface area (Å²) in [7, 11) is 1.52. The number of anilines is 1. The van der Waals surface area contributed by atoms with Gasteiger partial charge in [0.15, 0.2) is 5.17 Å². The molecule has 1 aliphatic rings. The van der Waals surface area contributed by atoms with Gasteiger partial charge in [-0.05, 0) is 35.7 Å². The van der Waals surface area contributed by atoms with Crippen LogP contribution in [0.3, 0.4) is 0 Å². The molecule has 0 fully saturated rings. The Hall–Kier alpha value is -2.55. The van der Waals surface area contributed by atoms with E-state index in [0.29, 0.717) is 33.9 Å². The molecule has 0 saturated carbocycles. The minimum absolute atomic E-state index is 0.118. The second-order valence-corrected chi connectivity index (χ2v) is 8.11. The van der Waals surface area contributed by atoms with Crippen molar-refractivity contribution in [3.8, 4) is 5.75 Å². The van der Waals surface area contributed by atoms with Gasteiger partial charge in [-0.2, -0.15) is 0 Å². The molecule has 2 aromatic rings. The van der Waals surface area contributed by atoms with E-state index < -0.39 is 0 Å². The van der Waals surface area contributed by atoms with Crippen molar-refractivity contribution in [1.29, 1.82) is 0 Å². The number of halogens is 1. The monoisotopic (exact) mass is 447 g/mol. The number of ether oxygens (including phenoxy) is 1. The number of methoxy groups -OCH3 is 1. The molecule has 1 aromatic heterocycles. The highest BCUT2D eigenvalue weighted by Crippen LogP contribution is 2.34. The zero-order chi connectivity index (χ0) is 20.8. The summed E-state index contributed by atoms with van der Waals surface area (Å²) in [6.45, 7) is 3.95. The minimum atomic E-state index is -0.284. The van der Waals surface area contributed by atoms with E-state index in [2.05, 4.69) is 16.9 Å². The molecule has 1 N–H and O–H groups in total. The molecule has 0 radical (unpaired) electrons. The van der Waals surface area contributed by atoms with Crippen LogP contribution in [0.15, 0.2) is 59.1 Å². The van der Waals surface area contributed by atoms with Crippen LogP contribution in [-0.2, 0) is 9.59 Å². The predicted molar refractivity (Wildman–Crippen MR) is 121 cm³/mol. The van der Waals surface area contributed by atoms with Crippen LogP contribution in [-0.4, -0.2) is 36.4 Å². The number of amides is 2. The van der Waals surface area contributed by atoms with Crippen LogP contribution in [0.2, 0.25) is 5.02 Å². The topological polar surface area (TPSA) is 71.0 Å². The van der Waals surface area contributed by atoms with Gasteiger partial charge < -0.3 is 10.1 Å². The van der Waals surface area contributed by atoms with Crippen molar-refractivity contribution >= 4 is 63.4 Å². The van der Waals surface area contributed by atoms with Gasteiger partial charge in [0.2, 0.25) is 5.91 Å². The van der Waals surface area contributed by atoms with Crippen LogP contribution in [0, 0.1) is 0 Å². The highest BCUT2D eigenvalue weighted by molar-refractivity contribution is 8.14. The number of thioether (sulfide) groups is 1. The first kappa shape index (κ1) is 21.2. The summed E-state index contributed by atoms with van der Waals surface area (Å²) < 4.78 is 5.18. The molecule has 1 aliphatic heterocycles. The van der Waals surface area contributed by atoms with Crippen LogP contribution in [0.1, 0.15) is 4.88 Å². The highest BCUT2D eigenvalue weighted by atomic mass is 35.5. The number of amidine groups is 1. The summed E-state index contributed by atoms with van der Waals surface area (Å²) in [5.74, 6) is 0.167. The van der Waals surface area contributed by atoms with Gasteiger partial charge in [0.05, 0.1) is 23.6 Å². The number of nitrogens with one attached hydrogen (secondary N) is 1. The summed E-state index contributed by atoms with van der Waals surface area (Å²) >= 11 is 8.93. The Morgan fingerprint density at radius 3 is 2.93 bits per heavy atom. The molecule has 1 aromatic carbocycles. The van der Waals surface area contributed by atoms with Crippen molar-refractivity contribution in [3.63, 3.8) is 0 Å². The number of aliphatic imine (C=N–C) groups is 1. The summed E-state index contributed by atoms with van der Waals surface area (Å²) in [6, 6.07) is 8.86. The molecule has 2 amide bonds. The first-order valence-corrected chi connectivity index (χ1v) is 10.8. The Kier molecular flexibility index (Phi) is 7.13. The van der Waals surface area contributed by atoms with Crippen molar-refractivity contribution < 1.29 is 14.3 Å². The molecule has 150 valence electrons. The zero-order valence-corrected chi connectivity index (χ0v) is 17.9. The second kappa shape index (κ2) is 9.78.